The second kappa shape index (κ2) is 6.75. The molecule has 0 saturated heterocycles. The van der Waals surface area contributed by atoms with E-state index in [-0.39, 0.29) is 5.91 Å². The van der Waals surface area contributed by atoms with Gasteiger partial charge < -0.3 is 9.42 Å². The van der Waals surface area contributed by atoms with E-state index in [9.17, 15) is 4.79 Å². The summed E-state index contributed by atoms with van der Waals surface area (Å²) in [6.07, 6.45) is 2.16. The lowest BCUT2D eigenvalue weighted by Crippen LogP contribution is -2.32. The number of aromatic nitrogens is 2. The Balaban J connectivity index is 1.54. The van der Waals surface area contributed by atoms with Gasteiger partial charge in [-0.1, -0.05) is 35.0 Å². The minimum atomic E-state index is 0.0715. The van der Waals surface area contributed by atoms with Crippen LogP contribution in [0, 0.1) is 13.8 Å². The van der Waals surface area contributed by atoms with Crippen LogP contribution in [0.4, 0.5) is 0 Å². The maximum atomic E-state index is 13.0. The Labute approximate surface area is 152 Å². The number of hydrogen-bond donors (Lipinski definition) is 0. The molecular formula is C21H21N3O2. The van der Waals surface area contributed by atoms with Gasteiger partial charge in [-0.15, -0.1) is 0 Å². The molecule has 0 radical (unpaired) electrons. The molecule has 3 aromatic rings. The molecule has 26 heavy (non-hydrogen) atoms. The standard InChI is InChI=1S/C21H21N3O2/c1-14-4-3-5-16(12-14)13-24(19-10-11-19)21(25)18-8-6-17(7-9-18)20-22-15(2)23-26-20/h3-9,12,19H,10-11,13H2,1-2H3. The Bertz CT molecular complexity index is 926. The van der Waals surface area contributed by atoms with Crippen molar-refractivity contribution >= 4 is 5.91 Å². The van der Waals surface area contributed by atoms with E-state index in [4.69, 9.17) is 4.52 Å². The molecule has 5 nitrogen and oxygen atoms in total. The lowest BCUT2D eigenvalue weighted by Gasteiger charge is -2.23. The van der Waals surface area contributed by atoms with E-state index < -0.39 is 0 Å². The first-order chi connectivity index (χ1) is 12.6. The molecular weight excluding hydrogens is 326 g/mol. The molecule has 5 heteroatoms. The fraction of sp³-hybridized carbons (Fsp3) is 0.286. The monoisotopic (exact) mass is 347 g/mol. The van der Waals surface area contributed by atoms with Gasteiger partial charge in [0.15, 0.2) is 5.82 Å². The number of rotatable bonds is 5. The third-order valence-corrected chi connectivity index (χ3v) is 4.59. The van der Waals surface area contributed by atoms with Crippen molar-refractivity contribution < 1.29 is 9.32 Å². The molecule has 132 valence electrons. The van der Waals surface area contributed by atoms with Crippen LogP contribution in [-0.4, -0.2) is 27.0 Å². The molecule has 1 aliphatic carbocycles. The number of benzene rings is 2. The Morgan fingerprint density at radius 3 is 2.54 bits per heavy atom. The van der Waals surface area contributed by atoms with Crippen molar-refractivity contribution in [3.63, 3.8) is 0 Å². The van der Waals surface area contributed by atoms with E-state index >= 15 is 0 Å². The van der Waals surface area contributed by atoms with Crippen LogP contribution in [0.2, 0.25) is 0 Å². The summed E-state index contributed by atoms with van der Waals surface area (Å²) in [6, 6.07) is 16.1. The second-order valence-corrected chi connectivity index (χ2v) is 6.88. The van der Waals surface area contributed by atoms with Gasteiger partial charge in [0.2, 0.25) is 0 Å². The third-order valence-electron chi connectivity index (χ3n) is 4.59. The first kappa shape index (κ1) is 16.5. The van der Waals surface area contributed by atoms with Gasteiger partial charge in [0.1, 0.15) is 0 Å². The summed E-state index contributed by atoms with van der Waals surface area (Å²) < 4.78 is 5.18. The van der Waals surface area contributed by atoms with Gasteiger partial charge in [0.25, 0.3) is 11.8 Å². The summed E-state index contributed by atoms with van der Waals surface area (Å²) in [5.74, 6) is 1.14. The lowest BCUT2D eigenvalue weighted by molar-refractivity contribution is 0.0730. The number of carbonyl (C=O) groups is 1. The Hall–Kier alpha value is -2.95. The largest absolute Gasteiger partial charge is 0.334 e. The van der Waals surface area contributed by atoms with Crippen molar-refractivity contribution in [2.24, 2.45) is 0 Å². The van der Waals surface area contributed by atoms with Crippen LogP contribution in [0.5, 0.6) is 0 Å². The zero-order valence-electron chi connectivity index (χ0n) is 15.0. The van der Waals surface area contributed by atoms with Crippen molar-refractivity contribution in [2.45, 2.75) is 39.3 Å². The highest BCUT2D eigenvalue weighted by atomic mass is 16.5. The fourth-order valence-electron chi connectivity index (χ4n) is 3.10. The number of aryl methyl sites for hydroxylation is 2. The van der Waals surface area contributed by atoms with Crippen LogP contribution in [0.25, 0.3) is 11.5 Å². The van der Waals surface area contributed by atoms with Crippen LogP contribution >= 0.6 is 0 Å². The molecule has 4 rings (SSSR count). The molecule has 1 heterocycles. The molecule has 0 atom stereocenters. The second-order valence-electron chi connectivity index (χ2n) is 6.88. The van der Waals surface area contributed by atoms with E-state index in [1.807, 2.05) is 35.2 Å². The minimum Gasteiger partial charge on any atom is -0.334 e. The maximum Gasteiger partial charge on any atom is 0.257 e. The van der Waals surface area contributed by atoms with E-state index in [0.29, 0.717) is 29.9 Å². The van der Waals surface area contributed by atoms with Gasteiger partial charge >= 0.3 is 0 Å². The van der Waals surface area contributed by atoms with E-state index in [0.717, 1.165) is 18.4 Å². The molecule has 1 aliphatic rings. The molecule has 0 spiro atoms. The van der Waals surface area contributed by atoms with Crippen LogP contribution in [0.3, 0.4) is 0 Å². The van der Waals surface area contributed by atoms with Crippen molar-refractivity contribution in [3.8, 4) is 11.5 Å². The summed E-state index contributed by atoms with van der Waals surface area (Å²) in [5, 5.41) is 3.80. The van der Waals surface area contributed by atoms with Gasteiger partial charge in [0.05, 0.1) is 0 Å². The van der Waals surface area contributed by atoms with Crippen LogP contribution < -0.4 is 0 Å². The number of carbonyl (C=O) groups excluding carboxylic acids is 1. The first-order valence-electron chi connectivity index (χ1n) is 8.87. The molecule has 1 saturated carbocycles. The highest BCUT2D eigenvalue weighted by Crippen LogP contribution is 2.30. The predicted octanol–water partition coefficient (Wildman–Crippen LogP) is 4.16. The average molecular weight is 347 g/mol. The third kappa shape index (κ3) is 3.52. The summed E-state index contributed by atoms with van der Waals surface area (Å²) in [7, 11) is 0. The van der Waals surface area contributed by atoms with Crippen LogP contribution in [0.1, 0.15) is 40.2 Å². The Morgan fingerprint density at radius 1 is 1.15 bits per heavy atom. The average Bonchev–Trinajstić information content (AvgIpc) is 3.40. The highest BCUT2D eigenvalue weighted by molar-refractivity contribution is 5.95. The zero-order valence-corrected chi connectivity index (χ0v) is 15.0. The lowest BCUT2D eigenvalue weighted by atomic mass is 10.1. The van der Waals surface area contributed by atoms with Crippen molar-refractivity contribution in [1.82, 2.24) is 15.0 Å². The van der Waals surface area contributed by atoms with Crippen molar-refractivity contribution in [1.29, 1.82) is 0 Å². The minimum absolute atomic E-state index is 0.0715. The maximum absolute atomic E-state index is 13.0. The van der Waals surface area contributed by atoms with E-state index in [2.05, 4.69) is 35.3 Å². The normalized spacial score (nSPS) is 13.6. The smallest absolute Gasteiger partial charge is 0.257 e. The molecule has 0 aliphatic heterocycles. The topological polar surface area (TPSA) is 59.2 Å². The van der Waals surface area contributed by atoms with Crippen molar-refractivity contribution in [3.05, 3.63) is 71.0 Å². The fourth-order valence-corrected chi connectivity index (χ4v) is 3.10. The predicted molar refractivity (Wildman–Crippen MR) is 98.5 cm³/mol. The SMILES string of the molecule is Cc1cccc(CN(C(=O)c2ccc(-c3nc(C)no3)cc2)C2CC2)c1. The van der Waals surface area contributed by atoms with Gasteiger partial charge in [-0.2, -0.15) is 4.98 Å². The molecule has 2 aromatic carbocycles. The van der Waals surface area contributed by atoms with E-state index in [1.165, 1.54) is 11.1 Å². The summed E-state index contributed by atoms with van der Waals surface area (Å²) in [4.78, 5) is 19.2. The van der Waals surface area contributed by atoms with Gasteiger partial charge in [-0.05, 0) is 56.5 Å². The summed E-state index contributed by atoms with van der Waals surface area (Å²) in [6.45, 7) is 4.50. The van der Waals surface area contributed by atoms with Crippen molar-refractivity contribution in [2.75, 3.05) is 0 Å². The number of nitrogens with zero attached hydrogens (tertiary/aromatic N) is 3. The van der Waals surface area contributed by atoms with Gasteiger partial charge in [0, 0.05) is 23.7 Å². The Kier molecular flexibility index (Phi) is 4.29. The molecule has 0 unspecified atom stereocenters. The summed E-state index contributed by atoms with van der Waals surface area (Å²) >= 11 is 0. The number of hydrogen-bond acceptors (Lipinski definition) is 4. The molecule has 0 bridgehead atoms. The first-order valence-corrected chi connectivity index (χ1v) is 8.87. The highest BCUT2D eigenvalue weighted by Gasteiger charge is 2.33. The zero-order chi connectivity index (χ0) is 18.1. The number of amides is 1. The van der Waals surface area contributed by atoms with Crippen LogP contribution in [-0.2, 0) is 6.54 Å². The quantitative estimate of drug-likeness (QED) is 0.695. The molecule has 1 amide bonds. The van der Waals surface area contributed by atoms with E-state index in [1.54, 1.807) is 6.92 Å². The summed E-state index contributed by atoms with van der Waals surface area (Å²) in [5.41, 5.74) is 3.89. The van der Waals surface area contributed by atoms with Gasteiger partial charge in [-0.3, -0.25) is 4.79 Å². The molecule has 0 N–H and O–H groups in total. The molecule has 1 aromatic heterocycles. The molecule has 1 fully saturated rings. The Morgan fingerprint density at radius 2 is 1.92 bits per heavy atom. The van der Waals surface area contributed by atoms with Crippen LogP contribution in [0.15, 0.2) is 53.1 Å². The van der Waals surface area contributed by atoms with Gasteiger partial charge in [-0.25, -0.2) is 0 Å².